The van der Waals surface area contributed by atoms with Crippen molar-refractivity contribution in [2.24, 2.45) is 5.41 Å². The van der Waals surface area contributed by atoms with Gasteiger partial charge in [0.2, 0.25) is 5.91 Å². The number of halogens is 3. The molecule has 0 bridgehead atoms. The molecule has 0 unspecified atom stereocenters. The van der Waals surface area contributed by atoms with Gasteiger partial charge in [0.25, 0.3) is 5.69 Å². The number of alkyl halides is 3. The quantitative estimate of drug-likeness (QED) is 0.586. The summed E-state index contributed by atoms with van der Waals surface area (Å²) in [5, 5.41) is 10.9. The monoisotopic (exact) mass is 373 g/mol. The lowest BCUT2D eigenvalue weighted by molar-refractivity contribution is -0.388. The van der Waals surface area contributed by atoms with Crippen molar-refractivity contribution in [3.8, 4) is 0 Å². The predicted octanol–water partition coefficient (Wildman–Crippen LogP) is 3.70. The first-order valence-corrected chi connectivity index (χ1v) is 8.31. The van der Waals surface area contributed by atoms with E-state index < -0.39 is 27.8 Å². The fourth-order valence-electron chi connectivity index (χ4n) is 2.96. The van der Waals surface area contributed by atoms with Gasteiger partial charge in [0.1, 0.15) is 5.56 Å². The molecule has 1 aliphatic heterocycles. The number of anilines is 1. The highest BCUT2D eigenvalue weighted by Gasteiger charge is 2.39. The van der Waals surface area contributed by atoms with E-state index in [2.05, 4.69) is 0 Å². The van der Waals surface area contributed by atoms with Gasteiger partial charge in [-0.25, -0.2) is 0 Å². The lowest BCUT2D eigenvalue weighted by Gasteiger charge is -2.28. The Hall–Kier alpha value is -2.32. The maximum Gasteiger partial charge on any atom is 0.423 e. The van der Waals surface area contributed by atoms with Crippen LogP contribution in [0.2, 0.25) is 0 Å². The molecule has 9 heteroatoms. The molecule has 0 saturated carbocycles. The number of benzene rings is 1. The number of nitro groups is 1. The number of rotatable bonds is 2. The molecule has 6 nitrogen and oxygen atoms in total. The van der Waals surface area contributed by atoms with E-state index in [0.29, 0.717) is 32.6 Å². The van der Waals surface area contributed by atoms with Crippen molar-refractivity contribution >= 4 is 17.3 Å². The minimum absolute atomic E-state index is 0.000898. The fourth-order valence-corrected chi connectivity index (χ4v) is 2.96. The summed E-state index contributed by atoms with van der Waals surface area (Å²) in [6, 6.07) is 3.04. The zero-order valence-electron chi connectivity index (χ0n) is 15.0. The number of carbonyl (C=O) groups is 1. The molecule has 0 aromatic heterocycles. The Labute approximate surface area is 149 Å². The van der Waals surface area contributed by atoms with Gasteiger partial charge in [-0.15, -0.1) is 0 Å². The average molecular weight is 373 g/mol. The van der Waals surface area contributed by atoms with Crippen molar-refractivity contribution in [2.45, 2.75) is 33.4 Å². The van der Waals surface area contributed by atoms with Crippen LogP contribution in [0.5, 0.6) is 0 Å². The molecule has 1 amide bonds. The van der Waals surface area contributed by atoms with E-state index in [1.807, 2.05) is 20.8 Å². The first kappa shape index (κ1) is 20.0. The summed E-state index contributed by atoms with van der Waals surface area (Å²) >= 11 is 0. The lowest BCUT2D eigenvalue weighted by atomic mass is 9.94. The van der Waals surface area contributed by atoms with Crippen molar-refractivity contribution in [3.05, 3.63) is 33.9 Å². The van der Waals surface area contributed by atoms with Gasteiger partial charge in [0, 0.05) is 43.3 Å². The van der Waals surface area contributed by atoms with Gasteiger partial charge in [0.15, 0.2) is 0 Å². The van der Waals surface area contributed by atoms with Crippen LogP contribution in [0, 0.1) is 15.5 Å². The number of amides is 1. The van der Waals surface area contributed by atoms with E-state index in [4.69, 9.17) is 0 Å². The number of carbonyl (C=O) groups excluding carboxylic acids is 1. The van der Waals surface area contributed by atoms with Gasteiger partial charge < -0.3 is 9.80 Å². The summed E-state index contributed by atoms with van der Waals surface area (Å²) in [5.41, 5.74) is -2.47. The van der Waals surface area contributed by atoms with Gasteiger partial charge in [-0.3, -0.25) is 14.9 Å². The van der Waals surface area contributed by atoms with Crippen LogP contribution in [0.1, 0.15) is 32.8 Å². The van der Waals surface area contributed by atoms with Gasteiger partial charge in [-0.05, 0) is 18.6 Å². The fraction of sp³-hybridized carbons (Fsp3) is 0.588. The van der Waals surface area contributed by atoms with E-state index in [9.17, 15) is 28.1 Å². The summed E-state index contributed by atoms with van der Waals surface area (Å²) in [6.07, 6.45) is -4.20. The Morgan fingerprint density at radius 3 is 2.31 bits per heavy atom. The Morgan fingerprint density at radius 2 is 1.77 bits per heavy atom. The molecule has 1 aromatic carbocycles. The Bertz CT molecular complexity index is 699. The third-order valence-electron chi connectivity index (χ3n) is 4.27. The molecular weight excluding hydrogens is 351 g/mol. The van der Waals surface area contributed by atoms with Gasteiger partial charge in [-0.2, -0.15) is 13.2 Å². The van der Waals surface area contributed by atoms with Gasteiger partial charge in [0.05, 0.1) is 4.92 Å². The summed E-state index contributed by atoms with van der Waals surface area (Å²) in [4.78, 5) is 25.7. The van der Waals surface area contributed by atoms with Crippen molar-refractivity contribution in [3.63, 3.8) is 0 Å². The molecule has 26 heavy (non-hydrogen) atoms. The van der Waals surface area contributed by atoms with Gasteiger partial charge >= 0.3 is 6.18 Å². The van der Waals surface area contributed by atoms with Crippen molar-refractivity contribution < 1.29 is 22.9 Å². The second-order valence-electron chi connectivity index (χ2n) is 7.34. The first-order valence-electron chi connectivity index (χ1n) is 8.31. The topological polar surface area (TPSA) is 66.7 Å². The molecule has 0 spiro atoms. The van der Waals surface area contributed by atoms with Crippen LogP contribution in [0.25, 0.3) is 0 Å². The molecule has 144 valence electrons. The smallest absolute Gasteiger partial charge is 0.370 e. The minimum atomic E-state index is -4.81. The molecule has 1 aromatic rings. The standard InChI is InChI=1S/C17H22F3N3O3/c1-16(2,3)15(24)22-8-4-7-21(9-10-22)12-5-6-14(23(25)26)13(11-12)17(18,19)20/h5-6,11H,4,7-10H2,1-3H3. The highest BCUT2D eigenvalue weighted by molar-refractivity contribution is 5.81. The molecule has 1 fully saturated rings. The largest absolute Gasteiger partial charge is 0.423 e. The van der Waals surface area contributed by atoms with Crippen LogP contribution in [0.4, 0.5) is 24.5 Å². The average Bonchev–Trinajstić information content (AvgIpc) is 2.77. The number of hydrogen-bond donors (Lipinski definition) is 0. The summed E-state index contributed by atoms with van der Waals surface area (Å²) in [5.74, 6) is -0.000898. The second-order valence-corrected chi connectivity index (χ2v) is 7.34. The first-order chi connectivity index (χ1) is 11.9. The molecule has 2 rings (SSSR count). The molecule has 1 aliphatic rings. The van der Waals surface area contributed by atoms with Crippen LogP contribution in [0.15, 0.2) is 18.2 Å². The van der Waals surface area contributed by atoms with Crippen LogP contribution in [0.3, 0.4) is 0 Å². The van der Waals surface area contributed by atoms with Crippen molar-refractivity contribution in [1.82, 2.24) is 4.90 Å². The molecule has 0 N–H and O–H groups in total. The van der Waals surface area contributed by atoms with E-state index in [1.54, 1.807) is 9.80 Å². The molecular formula is C17H22F3N3O3. The maximum atomic E-state index is 13.2. The molecule has 0 aliphatic carbocycles. The summed E-state index contributed by atoms with van der Waals surface area (Å²) in [7, 11) is 0. The van der Waals surface area contributed by atoms with Crippen LogP contribution >= 0.6 is 0 Å². The number of nitrogens with zero attached hydrogens (tertiary/aromatic N) is 3. The lowest BCUT2D eigenvalue weighted by Crippen LogP contribution is -2.41. The Balaban J connectivity index is 2.24. The third-order valence-corrected chi connectivity index (χ3v) is 4.27. The predicted molar refractivity (Wildman–Crippen MR) is 91.0 cm³/mol. The van der Waals surface area contributed by atoms with Crippen molar-refractivity contribution in [1.29, 1.82) is 0 Å². The second kappa shape index (κ2) is 7.13. The molecule has 1 saturated heterocycles. The summed E-state index contributed by atoms with van der Waals surface area (Å²) < 4.78 is 39.5. The van der Waals surface area contributed by atoms with Crippen LogP contribution in [-0.2, 0) is 11.0 Å². The van der Waals surface area contributed by atoms with E-state index in [0.717, 1.165) is 12.1 Å². The van der Waals surface area contributed by atoms with Gasteiger partial charge in [-0.1, -0.05) is 20.8 Å². The molecule has 0 radical (unpaired) electrons. The highest BCUT2D eigenvalue weighted by atomic mass is 19.4. The van der Waals surface area contributed by atoms with Crippen molar-refractivity contribution in [2.75, 3.05) is 31.1 Å². The Kier molecular flexibility index (Phi) is 5.48. The minimum Gasteiger partial charge on any atom is -0.370 e. The van der Waals surface area contributed by atoms with Crippen LogP contribution < -0.4 is 4.90 Å². The Morgan fingerprint density at radius 1 is 1.12 bits per heavy atom. The van der Waals surface area contributed by atoms with E-state index >= 15 is 0 Å². The molecule has 0 atom stereocenters. The number of nitro benzene ring substituents is 1. The van der Waals surface area contributed by atoms with Crippen LogP contribution in [-0.4, -0.2) is 41.9 Å². The highest BCUT2D eigenvalue weighted by Crippen LogP contribution is 2.38. The zero-order valence-corrected chi connectivity index (χ0v) is 15.0. The zero-order chi connectivity index (χ0) is 19.7. The van der Waals surface area contributed by atoms with E-state index in [1.165, 1.54) is 6.07 Å². The summed E-state index contributed by atoms with van der Waals surface area (Å²) in [6.45, 7) is 7.25. The number of hydrogen-bond acceptors (Lipinski definition) is 4. The maximum absolute atomic E-state index is 13.2. The normalized spacial score (nSPS) is 16.4. The SMILES string of the molecule is CC(C)(C)C(=O)N1CCCN(c2ccc([N+](=O)[O-])c(C(F)(F)F)c2)CC1. The molecule has 1 heterocycles. The van der Waals surface area contributed by atoms with E-state index in [-0.39, 0.29) is 11.6 Å². The third kappa shape index (κ3) is 4.44.